The third-order valence-electron chi connectivity index (χ3n) is 3.92. The van der Waals surface area contributed by atoms with Crippen LogP contribution in [-0.2, 0) is 0 Å². The Morgan fingerprint density at radius 2 is 2.20 bits per heavy atom. The first-order valence-corrected chi connectivity index (χ1v) is 7.15. The van der Waals surface area contributed by atoms with Crippen LogP contribution in [-0.4, -0.2) is 38.3 Å². The first-order chi connectivity index (χ1) is 9.74. The number of likely N-dealkylation sites (tertiary alicyclic amines) is 1. The lowest BCUT2D eigenvalue weighted by Gasteiger charge is -2.32. The minimum Gasteiger partial charge on any atom is -0.493 e. The number of nitrogens with zero attached hydrogens (tertiary/aromatic N) is 2. The molecule has 4 heteroatoms. The van der Waals surface area contributed by atoms with Gasteiger partial charge in [0.05, 0.1) is 25.3 Å². The van der Waals surface area contributed by atoms with Crippen LogP contribution in [0.5, 0.6) is 11.5 Å². The Hall–Kier alpha value is -1.73. The minimum absolute atomic E-state index is 0.584. The van der Waals surface area contributed by atoms with Gasteiger partial charge in [0.1, 0.15) is 0 Å². The van der Waals surface area contributed by atoms with Gasteiger partial charge in [0.2, 0.25) is 0 Å². The summed E-state index contributed by atoms with van der Waals surface area (Å²) in [5.41, 5.74) is 0.584. The van der Waals surface area contributed by atoms with Crippen LogP contribution in [0.4, 0.5) is 0 Å². The predicted molar refractivity (Wildman–Crippen MR) is 78.1 cm³/mol. The van der Waals surface area contributed by atoms with Crippen LogP contribution in [0.1, 0.15) is 31.2 Å². The SMILES string of the molecule is COc1cc(C#N)ccc1OCCC1CCCCN1C. The molecule has 1 fully saturated rings. The maximum Gasteiger partial charge on any atom is 0.162 e. The maximum absolute atomic E-state index is 8.87. The number of benzene rings is 1. The standard InChI is InChI=1S/C16H22N2O2/c1-18-9-4-3-5-14(18)8-10-20-15-7-6-13(12-17)11-16(15)19-2/h6-7,11,14H,3-5,8-10H2,1-2H3. The van der Waals surface area contributed by atoms with Crippen molar-refractivity contribution in [2.24, 2.45) is 0 Å². The fourth-order valence-electron chi connectivity index (χ4n) is 2.67. The molecule has 0 bridgehead atoms. The highest BCUT2D eigenvalue weighted by atomic mass is 16.5. The van der Waals surface area contributed by atoms with E-state index in [9.17, 15) is 0 Å². The second-order valence-electron chi connectivity index (χ2n) is 5.24. The highest BCUT2D eigenvalue weighted by Gasteiger charge is 2.18. The number of nitriles is 1. The molecule has 0 N–H and O–H groups in total. The molecule has 20 heavy (non-hydrogen) atoms. The Labute approximate surface area is 120 Å². The molecule has 108 valence electrons. The fourth-order valence-corrected chi connectivity index (χ4v) is 2.67. The summed E-state index contributed by atoms with van der Waals surface area (Å²) in [5.74, 6) is 1.34. The van der Waals surface area contributed by atoms with Crippen molar-refractivity contribution in [3.8, 4) is 17.6 Å². The van der Waals surface area contributed by atoms with Crippen LogP contribution in [0.2, 0.25) is 0 Å². The zero-order valence-corrected chi connectivity index (χ0v) is 12.3. The van der Waals surface area contributed by atoms with E-state index in [1.165, 1.54) is 25.8 Å². The van der Waals surface area contributed by atoms with E-state index in [1.54, 1.807) is 19.2 Å². The van der Waals surface area contributed by atoms with Crippen LogP contribution in [0.3, 0.4) is 0 Å². The predicted octanol–water partition coefficient (Wildman–Crippen LogP) is 2.82. The molecule has 0 amide bonds. The van der Waals surface area contributed by atoms with Gasteiger partial charge in [0, 0.05) is 12.1 Å². The molecule has 1 aromatic rings. The van der Waals surface area contributed by atoms with E-state index < -0.39 is 0 Å². The van der Waals surface area contributed by atoms with E-state index in [2.05, 4.69) is 18.0 Å². The average Bonchev–Trinajstić information content (AvgIpc) is 2.49. The third kappa shape index (κ3) is 3.64. The largest absolute Gasteiger partial charge is 0.493 e. The molecule has 0 aliphatic carbocycles. The van der Waals surface area contributed by atoms with Crippen molar-refractivity contribution in [1.29, 1.82) is 5.26 Å². The molecule has 2 rings (SSSR count). The Kier molecular flexibility index (Phi) is 5.25. The van der Waals surface area contributed by atoms with Gasteiger partial charge in [0.15, 0.2) is 11.5 Å². The second-order valence-corrected chi connectivity index (χ2v) is 5.24. The van der Waals surface area contributed by atoms with Crippen molar-refractivity contribution in [2.75, 3.05) is 27.3 Å². The molecule has 1 aromatic carbocycles. The topological polar surface area (TPSA) is 45.5 Å². The van der Waals surface area contributed by atoms with Crippen LogP contribution in [0.25, 0.3) is 0 Å². The lowest BCUT2D eigenvalue weighted by molar-refractivity contribution is 0.152. The molecule has 0 aromatic heterocycles. The first kappa shape index (κ1) is 14.7. The molecule has 0 radical (unpaired) electrons. The summed E-state index contributed by atoms with van der Waals surface area (Å²) < 4.78 is 11.1. The molecule has 0 saturated carbocycles. The van der Waals surface area contributed by atoms with Gasteiger partial charge in [-0.3, -0.25) is 0 Å². The van der Waals surface area contributed by atoms with Gasteiger partial charge in [-0.15, -0.1) is 0 Å². The van der Waals surface area contributed by atoms with Crippen molar-refractivity contribution < 1.29 is 9.47 Å². The fraction of sp³-hybridized carbons (Fsp3) is 0.562. The number of methoxy groups -OCH3 is 1. The highest BCUT2D eigenvalue weighted by Crippen LogP contribution is 2.28. The van der Waals surface area contributed by atoms with Crippen LogP contribution >= 0.6 is 0 Å². The van der Waals surface area contributed by atoms with E-state index in [-0.39, 0.29) is 0 Å². The molecule has 0 spiro atoms. The lowest BCUT2D eigenvalue weighted by atomic mass is 10.0. The summed E-state index contributed by atoms with van der Waals surface area (Å²) in [6.45, 7) is 1.86. The van der Waals surface area contributed by atoms with Crippen molar-refractivity contribution >= 4 is 0 Å². The Morgan fingerprint density at radius 1 is 1.35 bits per heavy atom. The molecule has 1 aliphatic rings. The molecule has 1 unspecified atom stereocenters. The van der Waals surface area contributed by atoms with E-state index in [0.29, 0.717) is 29.7 Å². The normalized spacial score (nSPS) is 19.4. The first-order valence-electron chi connectivity index (χ1n) is 7.15. The summed E-state index contributed by atoms with van der Waals surface area (Å²) >= 11 is 0. The number of rotatable bonds is 5. The molecule has 1 aliphatic heterocycles. The number of hydrogen-bond donors (Lipinski definition) is 0. The zero-order valence-electron chi connectivity index (χ0n) is 12.3. The van der Waals surface area contributed by atoms with Crippen LogP contribution in [0, 0.1) is 11.3 Å². The average molecular weight is 274 g/mol. The van der Waals surface area contributed by atoms with Crippen LogP contribution < -0.4 is 9.47 Å². The summed E-state index contributed by atoms with van der Waals surface area (Å²) in [7, 11) is 3.78. The minimum atomic E-state index is 0.584. The summed E-state index contributed by atoms with van der Waals surface area (Å²) in [6, 6.07) is 7.99. The van der Waals surface area contributed by atoms with Crippen molar-refractivity contribution in [3.63, 3.8) is 0 Å². The number of ether oxygens (including phenoxy) is 2. The smallest absolute Gasteiger partial charge is 0.162 e. The molecular weight excluding hydrogens is 252 g/mol. The quantitative estimate of drug-likeness (QED) is 0.828. The molecule has 1 heterocycles. The van der Waals surface area contributed by atoms with E-state index in [1.807, 2.05) is 6.07 Å². The summed E-state index contributed by atoms with van der Waals surface area (Å²) in [5, 5.41) is 8.87. The molecule has 1 saturated heterocycles. The number of piperidine rings is 1. The second kappa shape index (κ2) is 7.16. The van der Waals surface area contributed by atoms with E-state index in [4.69, 9.17) is 14.7 Å². The number of hydrogen-bond acceptors (Lipinski definition) is 4. The Balaban J connectivity index is 1.89. The lowest BCUT2D eigenvalue weighted by Crippen LogP contribution is -2.37. The monoisotopic (exact) mass is 274 g/mol. The Bertz CT molecular complexity index is 482. The van der Waals surface area contributed by atoms with Gasteiger partial charge in [0.25, 0.3) is 0 Å². The Morgan fingerprint density at radius 3 is 2.90 bits per heavy atom. The maximum atomic E-state index is 8.87. The van der Waals surface area contributed by atoms with E-state index >= 15 is 0 Å². The molecule has 1 atom stereocenters. The van der Waals surface area contributed by atoms with Gasteiger partial charge >= 0.3 is 0 Å². The van der Waals surface area contributed by atoms with Gasteiger partial charge in [-0.05, 0) is 45.0 Å². The van der Waals surface area contributed by atoms with Gasteiger partial charge in [-0.2, -0.15) is 5.26 Å². The zero-order chi connectivity index (χ0) is 14.4. The van der Waals surface area contributed by atoms with Gasteiger partial charge in [-0.1, -0.05) is 6.42 Å². The van der Waals surface area contributed by atoms with Gasteiger partial charge in [-0.25, -0.2) is 0 Å². The van der Waals surface area contributed by atoms with Crippen molar-refractivity contribution in [1.82, 2.24) is 4.90 Å². The van der Waals surface area contributed by atoms with Crippen molar-refractivity contribution in [3.05, 3.63) is 23.8 Å². The summed E-state index contributed by atoms with van der Waals surface area (Å²) in [4.78, 5) is 2.42. The molecular formula is C16H22N2O2. The van der Waals surface area contributed by atoms with Crippen molar-refractivity contribution in [2.45, 2.75) is 31.7 Å². The van der Waals surface area contributed by atoms with E-state index in [0.717, 1.165) is 6.42 Å². The highest BCUT2D eigenvalue weighted by molar-refractivity contribution is 5.46. The molecule has 4 nitrogen and oxygen atoms in total. The third-order valence-corrected chi connectivity index (χ3v) is 3.92. The summed E-state index contributed by atoms with van der Waals surface area (Å²) in [6.07, 6.45) is 4.90. The van der Waals surface area contributed by atoms with Crippen LogP contribution in [0.15, 0.2) is 18.2 Å². The van der Waals surface area contributed by atoms with Gasteiger partial charge < -0.3 is 14.4 Å².